The molecule has 2 aromatic carbocycles. The van der Waals surface area contributed by atoms with Gasteiger partial charge in [-0.3, -0.25) is 0 Å². The van der Waals surface area contributed by atoms with Gasteiger partial charge in [0.1, 0.15) is 5.75 Å². The standard InChI is InChI=1S/C16H18N2O/c1-19-13-8-6-12(7-9-13)14-10-11-17-15-4-2-3-5-16(15)18-14/h2-9,14,17-18H,10-11H2,1H3/t14-/m1/s1. The molecule has 1 aliphatic heterocycles. The second-order valence-corrected chi connectivity index (χ2v) is 4.73. The van der Waals surface area contributed by atoms with Crippen molar-refractivity contribution >= 4 is 11.4 Å². The summed E-state index contributed by atoms with van der Waals surface area (Å²) >= 11 is 0. The summed E-state index contributed by atoms with van der Waals surface area (Å²) in [5.74, 6) is 0.899. The van der Waals surface area contributed by atoms with Crippen molar-refractivity contribution in [2.45, 2.75) is 12.5 Å². The summed E-state index contributed by atoms with van der Waals surface area (Å²) in [6, 6.07) is 17.0. The SMILES string of the molecule is COc1ccc([C@H]2CCNc3ccccc3N2)cc1. The van der Waals surface area contributed by atoms with Gasteiger partial charge in [-0.15, -0.1) is 0 Å². The highest BCUT2D eigenvalue weighted by atomic mass is 16.5. The number of rotatable bonds is 2. The van der Waals surface area contributed by atoms with Crippen molar-refractivity contribution in [2.75, 3.05) is 24.3 Å². The number of hydrogen-bond donors (Lipinski definition) is 2. The Morgan fingerprint density at radius 3 is 2.47 bits per heavy atom. The van der Waals surface area contributed by atoms with Crippen molar-refractivity contribution in [2.24, 2.45) is 0 Å². The van der Waals surface area contributed by atoms with E-state index in [4.69, 9.17) is 4.74 Å². The van der Waals surface area contributed by atoms with E-state index in [-0.39, 0.29) is 0 Å². The van der Waals surface area contributed by atoms with E-state index in [1.165, 1.54) is 16.9 Å². The number of methoxy groups -OCH3 is 1. The van der Waals surface area contributed by atoms with E-state index in [0.717, 1.165) is 18.7 Å². The maximum atomic E-state index is 5.20. The van der Waals surface area contributed by atoms with Crippen LogP contribution in [-0.2, 0) is 0 Å². The number of ether oxygens (including phenoxy) is 1. The monoisotopic (exact) mass is 254 g/mol. The molecular formula is C16H18N2O. The predicted molar refractivity (Wildman–Crippen MR) is 78.9 cm³/mol. The quantitative estimate of drug-likeness (QED) is 0.858. The lowest BCUT2D eigenvalue weighted by molar-refractivity contribution is 0.414. The second-order valence-electron chi connectivity index (χ2n) is 4.73. The lowest BCUT2D eigenvalue weighted by atomic mass is 10.0. The summed E-state index contributed by atoms with van der Waals surface area (Å²) in [5.41, 5.74) is 3.64. The van der Waals surface area contributed by atoms with Crippen molar-refractivity contribution < 1.29 is 4.74 Å². The number of para-hydroxylation sites is 2. The number of benzene rings is 2. The molecule has 1 aliphatic rings. The van der Waals surface area contributed by atoms with Crippen molar-refractivity contribution in [1.82, 2.24) is 0 Å². The Hall–Kier alpha value is -2.16. The Morgan fingerprint density at radius 2 is 1.74 bits per heavy atom. The molecule has 0 saturated carbocycles. The summed E-state index contributed by atoms with van der Waals surface area (Å²) in [7, 11) is 1.69. The predicted octanol–water partition coefficient (Wildman–Crippen LogP) is 3.66. The zero-order valence-electron chi connectivity index (χ0n) is 11.0. The highest BCUT2D eigenvalue weighted by Crippen LogP contribution is 2.31. The van der Waals surface area contributed by atoms with E-state index in [0.29, 0.717) is 6.04 Å². The van der Waals surface area contributed by atoms with Gasteiger partial charge >= 0.3 is 0 Å². The molecule has 0 fully saturated rings. The van der Waals surface area contributed by atoms with E-state index in [1.54, 1.807) is 7.11 Å². The third-order valence-electron chi connectivity index (χ3n) is 3.52. The number of anilines is 2. The fraction of sp³-hybridized carbons (Fsp3) is 0.250. The maximum absolute atomic E-state index is 5.20. The minimum atomic E-state index is 0.335. The Labute approximate surface area is 113 Å². The zero-order valence-corrected chi connectivity index (χ0v) is 11.0. The molecule has 3 rings (SSSR count). The Balaban J connectivity index is 1.85. The van der Waals surface area contributed by atoms with E-state index in [2.05, 4.69) is 47.0 Å². The number of fused-ring (bicyclic) bond motifs is 1. The molecule has 3 heteroatoms. The summed E-state index contributed by atoms with van der Waals surface area (Å²) < 4.78 is 5.20. The van der Waals surface area contributed by atoms with Crippen LogP contribution in [0.4, 0.5) is 11.4 Å². The zero-order chi connectivity index (χ0) is 13.1. The van der Waals surface area contributed by atoms with Crippen molar-refractivity contribution in [3.8, 4) is 5.75 Å². The fourth-order valence-electron chi connectivity index (χ4n) is 2.46. The second kappa shape index (κ2) is 5.22. The van der Waals surface area contributed by atoms with Crippen LogP contribution >= 0.6 is 0 Å². The fourth-order valence-corrected chi connectivity index (χ4v) is 2.46. The summed E-state index contributed by atoms with van der Waals surface area (Å²) in [6.45, 7) is 0.973. The van der Waals surface area contributed by atoms with Gasteiger partial charge in [0.15, 0.2) is 0 Å². The Kier molecular flexibility index (Phi) is 3.27. The number of hydrogen-bond acceptors (Lipinski definition) is 3. The van der Waals surface area contributed by atoms with Crippen LogP contribution < -0.4 is 15.4 Å². The minimum absolute atomic E-state index is 0.335. The molecule has 2 N–H and O–H groups in total. The van der Waals surface area contributed by atoms with Crippen molar-refractivity contribution in [3.63, 3.8) is 0 Å². The van der Waals surface area contributed by atoms with Crippen LogP contribution in [0, 0.1) is 0 Å². The van der Waals surface area contributed by atoms with Crippen molar-refractivity contribution in [1.29, 1.82) is 0 Å². The molecule has 19 heavy (non-hydrogen) atoms. The van der Waals surface area contributed by atoms with Crippen LogP contribution in [0.2, 0.25) is 0 Å². The molecule has 1 heterocycles. The largest absolute Gasteiger partial charge is 0.497 e. The van der Waals surface area contributed by atoms with Gasteiger partial charge in [0.05, 0.1) is 24.5 Å². The molecule has 0 saturated heterocycles. The molecule has 0 amide bonds. The van der Waals surface area contributed by atoms with Crippen LogP contribution in [0.25, 0.3) is 0 Å². The van der Waals surface area contributed by atoms with Gasteiger partial charge in [-0.05, 0) is 36.2 Å². The van der Waals surface area contributed by atoms with Crippen LogP contribution in [0.1, 0.15) is 18.0 Å². The smallest absolute Gasteiger partial charge is 0.118 e. The van der Waals surface area contributed by atoms with E-state index >= 15 is 0 Å². The molecule has 1 atom stereocenters. The molecule has 98 valence electrons. The van der Waals surface area contributed by atoms with Gasteiger partial charge in [0.2, 0.25) is 0 Å². The summed E-state index contributed by atoms with van der Waals surface area (Å²) in [4.78, 5) is 0. The van der Waals surface area contributed by atoms with E-state index < -0.39 is 0 Å². The topological polar surface area (TPSA) is 33.3 Å². The van der Waals surface area contributed by atoms with Crippen LogP contribution in [0.5, 0.6) is 5.75 Å². The van der Waals surface area contributed by atoms with Crippen molar-refractivity contribution in [3.05, 3.63) is 54.1 Å². The van der Waals surface area contributed by atoms with Gasteiger partial charge in [0.25, 0.3) is 0 Å². The van der Waals surface area contributed by atoms with Crippen LogP contribution in [0.15, 0.2) is 48.5 Å². The Bertz CT molecular complexity index is 551. The third-order valence-corrected chi connectivity index (χ3v) is 3.52. The molecule has 0 bridgehead atoms. The molecule has 2 aromatic rings. The van der Waals surface area contributed by atoms with Gasteiger partial charge in [0, 0.05) is 6.54 Å². The first-order valence-electron chi connectivity index (χ1n) is 6.60. The normalized spacial score (nSPS) is 17.6. The molecule has 0 unspecified atom stereocenters. The number of nitrogens with one attached hydrogen (secondary N) is 2. The molecule has 3 nitrogen and oxygen atoms in total. The third kappa shape index (κ3) is 2.50. The van der Waals surface area contributed by atoms with Gasteiger partial charge in [-0.1, -0.05) is 24.3 Å². The lowest BCUT2D eigenvalue weighted by Gasteiger charge is -2.18. The van der Waals surface area contributed by atoms with Gasteiger partial charge in [-0.25, -0.2) is 0 Å². The molecule has 0 aliphatic carbocycles. The first-order valence-corrected chi connectivity index (χ1v) is 6.60. The van der Waals surface area contributed by atoms with Crippen LogP contribution in [-0.4, -0.2) is 13.7 Å². The lowest BCUT2D eigenvalue weighted by Crippen LogP contribution is -2.10. The molecule has 0 spiro atoms. The highest BCUT2D eigenvalue weighted by molar-refractivity contribution is 5.70. The molecular weight excluding hydrogens is 236 g/mol. The molecule has 0 radical (unpaired) electrons. The maximum Gasteiger partial charge on any atom is 0.118 e. The summed E-state index contributed by atoms with van der Waals surface area (Å²) in [5, 5.41) is 7.07. The van der Waals surface area contributed by atoms with E-state index in [1.807, 2.05) is 12.1 Å². The molecule has 0 aromatic heterocycles. The van der Waals surface area contributed by atoms with Gasteiger partial charge < -0.3 is 15.4 Å². The van der Waals surface area contributed by atoms with Crippen LogP contribution in [0.3, 0.4) is 0 Å². The average Bonchev–Trinajstić information content (AvgIpc) is 2.69. The first-order chi connectivity index (χ1) is 9.36. The van der Waals surface area contributed by atoms with Gasteiger partial charge in [-0.2, -0.15) is 0 Å². The van der Waals surface area contributed by atoms with E-state index in [9.17, 15) is 0 Å². The summed E-state index contributed by atoms with van der Waals surface area (Å²) in [6.07, 6.45) is 1.06. The minimum Gasteiger partial charge on any atom is -0.497 e. The average molecular weight is 254 g/mol. The Morgan fingerprint density at radius 1 is 1.00 bits per heavy atom. The highest BCUT2D eigenvalue weighted by Gasteiger charge is 2.16. The first kappa shape index (κ1) is 11.9.